The third-order valence-corrected chi connectivity index (χ3v) is 2.64. The van der Waals surface area contributed by atoms with Gasteiger partial charge in [0.15, 0.2) is 0 Å². The second kappa shape index (κ2) is 7.37. The van der Waals surface area contributed by atoms with Gasteiger partial charge in [-0.25, -0.2) is 4.98 Å². The van der Waals surface area contributed by atoms with Crippen molar-refractivity contribution in [1.82, 2.24) is 9.88 Å². The molecule has 0 aliphatic heterocycles. The molecule has 0 bridgehead atoms. The van der Waals surface area contributed by atoms with Crippen LogP contribution in [0.2, 0.25) is 0 Å². The van der Waals surface area contributed by atoms with Crippen LogP contribution in [0.25, 0.3) is 0 Å². The number of nitrogens with zero attached hydrogens (tertiary/aromatic N) is 3. The van der Waals surface area contributed by atoms with E-state index in [0.29, 0.717) is 31.1 Å². The average Bonchev–Trinajstić information content (AvgIpc) is 2.42. The molecule has 0 radical (unpaired) electrons. The summed E-state index contributed by atoms with van der Waals surface area (Å²) in [5.74, 6) is 0.242. The Morgan fingerprint density at radius 2 is 2.26 bits per heavy atom. The lowest BCUT2D eigenvalue weighted by Gasteiger charge is -2.23. The Bertz CT molecular complexity index is 448. The van der Waals surface area contributed by atoms with Crippen LogP contribution in [0, 0.1) is 17.2 Å². The highest BCUT2D eigenvalue weighted by Crippen LogP contribution is 2.09. The summed E-state index contributed by atoms with van der Waals surface area (Å²) >= 11 is 0. The maximum atomic E-state index is 12.3. The number of nitriles is 1. The number of pyridine rings is 1. The average molecular weight is 260 g/mol. The van der Waals surface area contributed by atoms with Crippen LogP contribution in [0.1, 0.15) is 30.8 Å². The van der Waals surface area contributed by atoms with Gasteiger partial charge < -0.3 is 10.2 Å². The standard InChI is InChI=1S/C14H20N4O/c1-11(2)10-18(8-4-7-15)14(19)13-6-5-12(16-3)9-17-13/h5-6,9,11,16H,4,8,10H2,1-3H3. The third kappa shape index (κ3) is 4.59. The molecule has 5 heteroatoms. The summed E-state index contributed by atoms with van der Waals surface area (Å²) < 4.78 is 0. The molecule has 0 aliphatic rings. The predicted octanol–water partition coefficient (Wildman–Crippen LogP) is 2.14. The van der Waals surface area contributed by atoms with Crippen molar-refractivity contribution in [2.45, 2.75) is 20.3 Å². The third-order valence-electron chi connectivity index (χ3n) is 2.64. The van der Waals surface area contributed by atoms with Gasteiger partial charge >= 0.3 is 0 Å². The lowest BCUT2D eigenvalue weighted by molar-refractivity contribution is 0.0734. The van der Waals surface area contributed by atoms with Crippen LogP contribution in [-0.2, 0) is 0 Å². The second-order valence-electron chi connectivity index (χ2n) is 4.74. The van der Waals surface area contributed by atoms with Gasteiger partial charge in [0.05, 0.1) is 24.4 Å². The van der Waals surface area contributed by atoms with Gasteiger partial charge in [0, 0.05) is 20.1 Å². The van der Waals surface area contributed by atoms with Crippen LogP contribution in [-0.4, -0.2) is 35.9 Å². The molecule has 1 N–H and O–H groups in total. The van der Waals surface area contributed by atoms with E-state index in [2.05, 4.69) is 16.4 Å². The van der Waals surface area contributed by atoms with Crippen molar-refractivity contribution in [3.63, 3.8) is 0 Å². The molecule has 1 rings (SSSR count). The molecule has 1 heterocycles. The molecule has 0 aromatic carbocycles. The zero-order valence-corrected chi connectivity index (χ0v) is 11.7. The van der Waals surface area contributed by atoms with Gasteiger partial charge in [0.2, 0.25) is 0 Å². The van der Waals surface area contributed by atoms with E-state index in [9.17, 15) is 4.79 Å². The molecule has 0 atom stereocenters. The fraction of sp³-hybridized carbons (Fsp3) is 0.500. The zero-order valence-electron chi connectivity index (χ0n) is 11.7. The van der Waals surface area contributed by atoms with Gasteiger partial charge in [-0.15, -0.1) is 0 Å². The van der Waals surface area contributed by atoms with E-state index in [-0.39, 0.29) is 5.91 Å². The molecule has 0 spiro atoms. The van der Waals surface area contributed by atoms with Crippen molar-refractivity contribution in [2.24, 2.45) is 5.92 Å². The van der Waals surface area contributed by atoms with Crippen molar-refractivity contribution in [3.8, 4) is 6.07 Å². The van der Waals surface area contributed by atoms with Crippen molar-refractivity contribution in [3.05, 3.63) is 24.0 Å². The summed E-state index contributed by atoms with van der Waals surface area (Å²) in [7, 11) is 1.80. The molecule has 1 aromatic rings. The van der Waals surface area contributed by atoms with E-state index in [1.165, 1.54) is 0 Å². The number of rotatable bonds is 6. The number of carbonyl (C=O) groups is 1. The topological polar surface area (TPSA) is 69.0 Å². The molecule has 5 nitrogen and oxygen atoms in total. The van der Waals surface area contributed by atoms with Gasteiger partial charge in [-0.05, 0) is 18.1 Å². The first-order chi connectivity index (χ1) is 9.08. The number of hydrogen-bond acceptors (Lipinski definition) is 4. The predicted molar refractivity (Wildman–Crippen MR) is 74.8 cm³/mol. The van der Waals surface area contributed by atoms with Crippen LogP contribution in [0.15, 0.2) is 18.3 Å². The van der Waals surface area contributed by atoms with E-state index in [1.807, 2.05) is 19.9 Å². The Kier molecular flexibility index (Phi) is 5.80. The Balaban J connectivity index is 2.81. The van der Waals surface area contributed by atoms with Crippen molar-refractivity contribution >= 4 is 11.6 Å². The normalized spacial score (nSPS) is 10.1. The first-order valence-electron chi connectivity index (χ1n) is 6.38. The van der Waals surface area contributed by atoms with E-state index in [0.717, 1.165) is 5.69 Å². The molecule has 0 unspecified atom stereocenters. The fourth-order valence-corrected chi connectivity index (χ4v) is 1.73. The first-order valence-corrected chi connectivity index (χ1v) is 6.38. The van der Waals surface area contributed by atoms with Gasteiger partial charge in [0.25, 0.3) is 5.91 Å². The van der Waals surface area contributed by atoms with Gasteiger partial charge in [0.1, 0.15) is 5.69 Å². The number of aromatic nitrogens is 1. The highest BCUT2D eigenvalue weighted by atomic mass is 16.2. The number of anilines is 1. The molecule has 0 saturated heterocycles. The summed E-state index contributed by atoms with van der Waals surface area (Å²) in [5, 5.41) is 11.6. The van der Waals surface area contributed by atoms with Crippen LogP contribution in [0.4, 0.5) is 5.69 Å². The van der Waals surface area contributed by atoms with Crippen LogP contribution < -0.4 is 5.32 Å². The zero-order chi connectivity index (χ0) is 14.3. The molecule has 1 amide bonds. The maximum absolute atomic E-state index is 12.3. The number of nitrogens with one attached hydrogen (secondary N) is 1. The van der Waals surface area contributed by atoms with E-state index in [4.69, 9.17) is 5.26 Å². The van der Waals surface area contributed by atoms with Crippen LogP contribution in [0.3, 0.4) is 0 Å². The van der Waals surface area contributed by atoms with E-state index in [1.54, 1.807) is 24.2 Å². The summed E-state index contributed by atoms with van der Waals surface area (Å²) in [5.41, 5.74) is 1.28. The van der Waals surface area contributed by atoms with E-state index >= 15 is 0 Å². The highest BCUT2D eigenvalue weighted by molar-refractivity contribution is 5.92. The summed E-state index contributed by atoms with van der Waals surface area (Å²) in [6.07, 6.45) is 1.97. The molecule has 0 aliphatic carbocycles. The Morgan fingerprint density at radius 3 is 2.74 bits per heavy atom. The smallest absolute Gasteiger partial charge is 0.272 e. The Labute approximate surface area is 114 Å². The minimum Gasteiger partial charge on any atom is -0.387 e. The maximum Gasteiger partial charge on any atom is 0.272 e. The van der Waals surface area contributed by atoms with Crippen molar-refractivity contribution < 1.29 is 4.79 Å². The number of carbonyl (C=O) groups excluding carboxylic acids is 1. The van der Waals surface area contributed by atoms with Gasteiger partial charge in [-0.2, -0.15) is 5.26 Å². The highest BCUT2D eigenvalue weighted by Gasteiger charge is 2.17. The minimum absolute atomic E-state index is 0.119. The molecule has 0 saturated carbocycles. The molecular formula is C14H20N4O. The van der Waals surface area contributed by atoms with Crippen molar-refractivity contribution in [1.29, 1.82) is 5.26 Å². The lowest BCUT2D eigenvalue weighted by Crippen LogP contribution is -2.35. The number of hydrogen-bond donors (Lipinski definition) is 1. The SMILES string of the molecule is CNc1ccc(C(=O)N(CCC#N)CC(C)C)nc1. The Hall–Kier alpha value is -2.09. The lowest BCUT2D eigenvalue weighted by atomic mass is 10.2. The summed E-state index contributed by atoms with van der Waals surface area (Å²) in [4.78, 5) is 18.2. The molecule has 19 heavy (non-hydrogen) atoms. The minimum atomic E-state index is -0.119. The summed E-state index contributed by atoms with van der Waals surface area (Å²) in [6, 6.07) is 5.59. The second-order valence-corrected chi connectivity index (χ2v) is 4.74. The monoisotopic (exact) mass is 260 g/mol. The molecule has 1 aromatic heterocycles. The number of amides is 1. The molecular weight excluding hydrogens is 240 g/mol. The van der Waals surface area contributed by atoms with Gasteiger partial charge in [-0.1, -0.05) is 13.8 Å². The molecule has 0 fully saturated rings. The Morgan fingerprint density at radius 1 is 1.53 bits per heavy atom. The van der Waals surface area contributed by atoms with Crippen LogP contribution in [0.5, 0.6) is 0 Å². The van der Waals surface area contributed by atoms with Crippen LogP contribution >= 0.6 is 0 Å². The molecule has 102 valence electrons. The first kappa shape index (κ1) is 15.0. The van der Waals surface area contributed by atoms with Crippen molar-refractivity contribution in [2.75, 3.05) is 25.5 Å². The summed E-state index contributed by atoms with van der Waals surface area (Å²) in [6.45, 7) is 5.17. The largest absolute Gasteiger partial charge is 0.387 e. The van der Waals surface area contributed by atoms with E-state index < -0.39 is 0 Å². The van der Waals surface area contributed by atoms with Gasteiger partial charge in [-0.3, -0.25) is 4.79 Å². The quantitative estimate of drug-likeness (QED) is 0.850. The fourth-order valence-electron chi connectivity index (χ4n) is 1.73.